The van der Waals surface area contributed by atoms with Gasteiger partial charge in [-0.25, -0.2) is 9.69 Å². The van der Waals surface area contributed by atoms with Gasteiger partial charge in [-0.3, -0.25) is 4.79 Å². The molecule has 98 valence electrons. The zero-order valence-electron chi connectivity index (χ0n) is 11.0. The third kappa shape index (κ3) is 2.29. The second-order valence-electron chi connectivity index (χ2n) is 4.51. The Bertz CT molecular complexity index is 562. The highest BCUT2D eigenvalue weighted by Gasteiger charge is 2.36. The van der Waals surface area contributed by atoms with Crippen LogP contribution in [-0.4, -0.2) is 29.4 Å². The van der Waals surface area contributed by atoms with Crippen LogP contribution in [0.4, 0.5) is 10.5 Å². The van der Waals surface area contributed by atoms with Crippen molar-refractivity contribution in [2.45, 2.75) is 26.3 Å². The van der Waals surface area contributed by atoms with Gasteiger partial charge in [-0.2, -0.15) is 5.26 Å². The average Bonchev–Trinajstić information content (AvgIpc) is 2.39. The van der Waals surface area contributed by atoms with Gasteiger partial charge in [0.15, 0.2) is 0 Å². The van der Waals surface area contributed by atoms with Crippen LogP contribution in [0.3, 0.4) is 0 Å². The summed E-state index contributed by atoms with van der Waals surface area (Å²) in [6, 6.07) is 8.14. The first-order valence-electron chi connectivity index (χ1n) is 6.22. The number of hydrogen-bond acceptors (Lipinski definition) is 3. The summed E-state index contributed by atoms with van der Waals surface area (Å²) in [5, 5.41) is 8.88. The number of hydrogen-bond donors (Lipinski definition) is 0. The fraction of sp³-hybridized carbons (Fsp3) is 0.357. The maximum Gasteiger partial charge on any atom is 0.331 e. The van der Waals surface area contributed by atoms with Crippen molar-refractivity contribution in [1.29, 1.82) is 5.26 Å². The molecule has 1 aromatic carbocycles. The summed E-state index contributed by atoms with van der Waals surface area (Å²) in [5.74, 6) is -0.225. The topological polar surface area (TPSA) is 64.4 Å². The summed E-state index contributed by atoms with van der Waals surface area (Å²) >= 11 is 0. The van der Waals surface area contributed by atoms with Crippen molar-refractivity contribution in [3.05, 3.63) is 29.8 Å². The second kappa shape index (κ2) is 5.11. The maximum atomic E-state index is 12.3. The van der Waals surface area contributed by atoms with Crippen molar-refractivity contribution in [2.75, 3.05) is 11.4 Å². The molecule has 5 nitrogen and oxygen atoms in total. The minimum atomic E-state index is -0.318. The molecule has 0 aromatic heterocycles. The number of amides is 3. The van der Waals surface area contributed by atoms with Gasteiger partial charge in [0, 0.05) is 19.0 Å². The zero-order chi connectivity index (χ0) is 14.0. The van der Waals surface area contributed by atoms with Crippen molar-refractivity contribution < 1.29 is 9.59 Å². The SMILES string of the molecule is CCN1C(=O)N(c2cccc(C#N)c2)C(=O)CC1C. The van der Waals surface area contributed by atoms with Crippen LogP contribution in [-0.2, 0) is 4.79 Å². The summed E-state index contributed by atoms with van der Waals surface area (Å²) < 4.78 is 0. The van der Waals surface area contributed by atoms with Gasteiger partial charge < -0.3 is 4.90 Å². The standard InChI is InChI=1S/C14H15N3O2/c1-3-16-10(2)7-13(18)17(14(16)19)12-6-4-5-11(8-12)9-15/h4-6,8,10H,3,7H2,1-2H3. The van der Waals surface area contributed by atoms with Crippen LogP contribution in [0.5, 0.6) is 0 Å². The van der Waals surface area contributed by atoms with Crippen molar-refractivity contribution in [3.8, 4) is 6.07 Å². The van der Waals surface area contributed by atoms with Crippen molar-refractivity contribution in [3.63, 3.8) is 0 Å². The Kier molecular flexibility index (Phi) is 3.52. The number of imide groups is 1. The smallest absolute Gasteiger partial charge is 0.321 e. The van der Waals surface area contributed by atoms with Crippen molar-refractivity contribution in [1.82, 2.24) is 4.90 Å². The van der Waals surface area contributed by atoms with Crippen LogP contribution in [0.2, 0.25) is 0 Å². The highest BCUT2D eigenvalue weighted by molar-refractivity contribution is 6.16. The van der Waals surface area contributed by atoms with E-state index in [1.54, 1.807) is 29.2 Å². The second-order valence-corrected chi connectivity index (χ2v) is 4.51. The molecule has 1 unspecified atom stereocenters. The van der Waals surface area contributed by atoms with E-state index in [-0.39, 0.29) is 18.0 Å². The molecule has 2 rings (SSSR count). The Morgan fingerprint density at radius 3 is 2.79 bits per heavy atom. The van der Waals surface area contributed by atoms with Gasteiger partial charge >= 0.3 is 6.03 Å². The highest BCUT2D eigenvalue weighted by Crippen LogP contribution is 2.24. The number of carbonyl (C=O) groups excluding carboxylic acids is 2. The average molecular weight is 257 g/mol. The molecule has 1 aliphatic heterocycles. The summed E-state index contributed by atoms with van der Waals surface area (Å²) in [7, 11) is 0. The Hall–Kier alpha value is -2.35. The van der Waals surface area contributed by atoms with Crippen LogP contribution in [0.1, 0.15) is 25.8 Å². The van der Waals surface area contributed by atoms with Gasteiger partial charge in [-0.1, -0.05) is 6.07 Å². The van der Waals surface area contributed by atoms with Gasteiger partial charge in [-0.15, -0.1) is 0 Å². The molecule has 1 atom stereocenters. The molecule has 0 N–H and O–H groups in total. The summed E-state index contributed by atoms with van der Waals surface area (Å²) in [6.07, 6.45) is 0.302. The molecule has 0 saturated carbocycles. The van der Waals surface area contributed by atoms with E-state index in [4.69, 9.17) is 5.26 Å². The third-order valence-corrected chi connectivity index (χ3v) is 3.26. The minimum absolute atomic E-state index is 0.0830. The Labute approximate surface area is 112 Å². The first-order chi connectivity index (χ1) is 9.08. The quantitative estimate of drug-likeness (QED) is 0.815. The van der Waals surface area contributed by atoms with E-state index >= 15 is 0 Å². The first-order valence-corrected chi connectivity index (χ1v) is 6.22. The molecule has 0 radical (unpaired) electrons. The lowest BCUT2D eigenvalue weighted by molar-refractivity contribution is -0.120. The monoisotopic (exact) mass is 257 g/mol. The van der Waals surface area contributed by atoms with Crippen LogP contribution in [0.15, 0.2) is 24.3 Å². The van der Waals surface area contributed by atoms with E-state index < -0.39 is 0 Å². The molecule has 0 spiro atoms. The fourth-order valence-corrected chi connectivity index (χ4v) is 2.29. The third-order valence-electron chi connectivity index (χ3n) is 3.26. The molecule has 1 fully saturated rings. The Balaban J connectivity index is 2.39. The van der Waals surface area contributed by atoms with Gasteiger partial charge in [0.25, 0.3) is 0 Å². The largest absolute Gasteiger partial charge is 0.331 e. The molecule has 1 heterocycles. The molecular weight excluding hydrogens is 242 g/mol. The molecule has 1 aromatic rings. The van der Waals surface area contributed by atoms with Crippen molar-refractivity contribution >= 4 is 17.6 Å². The number of urea groups is 1. The maximum absolute atomic E-state index is 12.3. The van der Waals surface area contributed by atoms with E-state index in [1.807, 2.05) is 19.9 Å². The lowest BCUT2D eigenvalue weighted by Crippen LogP contribution is -2.56. The molecule has 3 amide bonds. The van der Waals surface area contributed by atoms with Crippen LogP contribution in [0, 0.1) is 11.3 Å². The van der Waals surface area contributed by atoms with Crippen molar-refractivity contribution in [2.24, 2.45) is 0 Å². The number of carbonyl (C=O) groups is 2. The lowest BCUT2D eigenvalue weighted by atomic mass is 10.1. The van der Waals surface area contributed by atoms with E-state index in [0.717, 1.165) is 4.90 Å². The molecule has 1 aliphatic rings. The predicted octanol–water partition coefficient (Wildman–Crippen LogP) is 2.13. The van der Waals surface area contributed by atoms with E-state index in [0.29, 0.717) is 24.2 Å². The summed E-state index contributed by atoms with van der Waals surface area (Å²) in [5.41, 5.74) is 0.888. The van der Waals surface area contributed by atoms with E-state index in [9.17, 15) is 9.59 Å². The minimum Gasteiger partial charge on any atom is -0.321 e. The van der Waals surface area contributed by atoms with E-state index in [2.05, 4.69) is 0 Å². The summed E-state index contributed by atoms with van der Waals surface area (Å²) in [6.45, 7) is 4.30. The number of nitrogens with zero attached hydrogens (tertiary/aromatic N) is 3. The first kappa shape index (κ1) is 13.1. The van der Waals surface area contributed by atoms with E-state index in [1.165, 1.54) is 0 Å². The zero-order valence-corrected chi connectivity index (χ0v) is 11.0. The molecule has 0 bridgehead atoms. The summed E-state index contributed by atoms with van der Waals surface area (Å²) in [4.78, 5) is 27.2. The normalized spacial score (nSPS) is 19.5. The number of rotatable bonds is 2. The van der Waals surface area contributed by atoms with Gasteiger partial charge in [-0.05, 0) is 32.0 Å². The number of benzene rings is 1. The molecule has 19 heavy (non-hydrogen) atoms. The highest BCUT2D eigenvalue weighted by atomic mass is 16.2. The Morgan fingerprint density at radius 2 is 2.16 bits per heavy atom. The molecule has 5 heteroatoms. The number of nitriles is 1. The van der Waals surface area contributed by atoms with Crippen LogP contribution >= 0.6 is 0 Å². The fourth-order valence-electron chi connectivity index (χ4n) is 2.29. The molecule has 1 saturated heterocycles. The van der Waals surface area contributed by atoms with Gasteiger partial charge in [0.05, 0.1) is 17.3 Å². The molecule has 0 aliphatic carbocycles. The van der Waals surface area contributed by atoms with Crippen LogP contribution < -0.4 is 4.90 Å². The molecular formula is C14H15N3O2. The van der Waals surface area contributed by atoms with Gasteiger partial charge in [0.2, 0.25) is 5.91 Å². The number of anilines is 1. The Morgan fingerprint density at radius 1 is 1.42 bits per heavy atom. The van der Waals surface area contributed by atoms with Crippen LogP contribution in [0.25, 0.3) is 0 Å². The lowest BCUT2D eigenvalue weighted by Gasteiger charge is -2.38. The predicted molar refractivity (Wildman–Crippen MR) is 70.5 cm³/mol. The van der Waals surface area contributed by atoms with Gasteiger partial charge in [0.1, 0.15) is 0 Å².